The van der Waals surface area contributed by atoms with Crippen LogP contribution in [0, 0.1) is 5.92 Å². The fraction of sp³-hybridized carbons (Fsp3) is 0.789. The molecule has 1 aliphatic heterocycles. The molecule has 0 radical (unpaired) electrons. The Labute approximate surface area is 291 Å². The van der Waals surface area contributed by atoms with Crippen molar-refractivity contribution in [1.29, 1.82) is 0 Å². The molecule has 3 atom stereocenters. The summed E-state index contributed by atoms with van der Waals surface area (Å²) in [5.74, 6) is -0.180. The molecule has 0 bridgehead atoms. The number of unbranched alkanes of at least 4 members (excludes halogenated alkanes) is 11. The van der Waals surface area contributed by atoms with Gasteiger partial charge in [0.15, 0.2) is 6.10 Å². The molecule has 1 rings (SSSR count). The van der Waals surface area contributed by atoms with Gasteiger partial charge >= 0.3 is 19.8 Å². The van der Waals surface area contributed by atoms with Crippen LogP contribution in [0.4, 0.5) is 0 Å². The smallest absolute Gasteiger partial charge is 0.462 e. The van der Waals surface area contributed by atoms with E-state index in [-0.39, 0.29) is 31.7 Å². The van der Waals surface area contributed by atoms with Crippen molar-refractivity contribution in [3.05, 3.63) is 36.5 Å². The molecule has 2 unspecified atom stereocenters. The van der Waals surface area contributed by atoms with Crippen molar-refractivity contribution in [1.82, 2.24) is 0 Å². The lowest BCUT2D eigenvalue weighted by Crippen LogP contribution is -2.29. The summed E-state index contributed by atoms with van der Waals surface area (Å²) >= 11 is 0. The standard InChI is InChI=1S/C38H67O9P/c1-4-5-6-7-8-9-10-11-14-17-20-23-27-35-36(47-35)28-25-30-38(40)46-34(32-45-48(41,42)43)31-44-37(39)29-24-21-18-15-12-13-16-19-22-26-33(2)3/h8-9,11,14,20,23,33-36H,4-7,10,12-13,15-19,21-22,24-32H2,1-3H3,(H2,41,42,43)/b9-8-,14-11-,23-20-/t34-,35?,36?/m1/s1. The molecule has 0 saturated carbocycles. The number of phosphoric acid groups is 1. The average Bonchev–Trinajstić information content (AvgIpc) is 3.78. The third kappa shape index (κ3) is 29.2. The predicted octanol–water partition coefficient (Wildman–Crippen LogP) is 9.85. The maximum Gasteiger partial charge on any atom is 0.469 e. The largest absolute Gasteiger partial charge is 0.469 e. The average molecular weight is 699 g/mol. The first kappa shape index (κ1) is 44.3. The number of esters is 2. The van der Waals surface area contributed by atoms with E-state index in [1.807, 2.05) is 0 Å². The van der Waals surface area contributed by atoms with Gasteiger partial charge in [-0.3, -0.25) is 14.1 Å². The van der Waals surface area contributed by atoms with E-state index >= 15 is 0 Å². The van der Waals surface area contributed by atoms with Crippen LogP contribution in [-0.4, -0.2) is 53.3 Å². The van der Waals surface area contributed by atoms with Gasteiger partial charge in [-0.05, 0) is 57.3 Å². The van der Waals surface area contributed by atoms with E-state index in [2.05, 4.69) is 61.8 Å². The quantitative estimate of drug-likeness (QED) is 0.0232. The lowest BCUT2D eigenvalue weighted by molar-refractivity contribution is -0.161. The summed E-state index contributed by atoms with van der Waals surface area (Å²) in [6.45, 7) is 5.87. The second kappa shape index (κ2) is 29.0. The molecule has 1 saturated heterocycles. The zero-order chi connectivity index (χ0) is 35.3. The second-order valence-corrected chi connectivity index (χ2v) is 14.7. The monoisotopic (exact) mass is 698 g/mol. The Balaban J connectivity index is 2.17. The van der Waals surface area contributed by atoms with Crippen molar-refractivity contribution in [2.75, 3.05) is 13.2 Å². The van der Waals surface area contributed by atoms with Gasteiger partial charge in [-0.25, -0.2) is 4.57 Å². The maximum absolute atomic E-state index is 12.4. The highest BCUT2D eigenvalue weighted by Crippen LogP contribution is 2.36. The number of rotatable bonds is 32. The Morgan fingerprint density at radius 3 is 1.98 bits per heavy atom. The molecule has 1 fully saturated rings. The molecule has 9 nitrogen and oxygen atoms in total. The first-order chi connectivity index (χ1) is 23.1. The van der Waals surface area contributed by atoms with Crippen molar-refractivity contribution in [2.24, 2.45) is 5.92 Å². The number of hydrogen-bond acceptors (Lipinski definition) is 7. The van der Waals surface area contributed by atoms with Crippen LogP contribution in [0.5, 0.6) is 0 Å². The van der Waals surface area contributed by atoms with Crippen molar-refractivity contribution >= 4 is 19.8 Å². The van der Waals surface area contributed by atoms with Crippen LogP contribution in [0.15, 0.2) is 36.5 Å². The fourth-order valence-electron chi connectivity index (χ4n) is 5.35. The number of allylic oxidation sites excluding steroid dienone is 5. The van der Waals surface area contributed by atoms with Gasteiger partial charge in [0, 0.05) is 12.8 Å². The topological polar surface area (TPSA) is 132 Å². The van der Waals surface area contributed by atoms with Crippen LogP contribution in [0.3, 0.4) is 0 Å². The van der Waals surface area contributed by atoms with E-state index in [0.717, 1.165) is 57.3 Å². The van der Waals surface area contributed by atoms with Gasteiger partial charge in [-0.1, -0.05) is 128 Å². The van der Waals surface area contributed by atoms with Gasteiger partial charge in [0.1, 0.15) is 6.61 Å². The molecule has 0 aromatic carbocycles. The molecule has 278 valence electrons. The van der Waals surface area contributed by atoms with Crippen molar-refractivity contribution in [3.8, 4) is 0 Å². The molecule has 0 aromatic heterocycles. The van der Waals surface area contributed by atoms with E-state index in [0.29, 0.717) is 12.8 Å². The normalized spacial score (nSPS) is 17.2. The number of hydrogen-bond donors (Lipinski definition) is 2. The Bertz CT molecular complexity index is 956. The fourth-order valence-corrected chi connectivity index (χ4v) is 5.71. The van der Waals surface area contributed by atoms with Crippen LogP contribution in [0.25, 0.3) is 0 Å². The van der Waals surface area contributed by atoms with Crippen molar-refractivity contribution < 1.29 is 42.7 Å². The number of carbonyl (C=O) groups excluding carboxylic acids is 2. The second-order valence-electron chi connectivity index (χ2n) is 13.4. The molecule has 10 heteroatoms. The molecule has 48 heavy (non-hydrogen) atoms. The summed E-state index contributed by atoms with van der Waals surface area (Å²) in [5.41, 5.74) is 0. The molecule has 0 aromatic rings. The maximum atomic E-state index is 12.4. The van der Waals surface area contributed by atoms with Gasteiger partial charge in [-0.15, -0.1) is 0 Å². The molecule has 1 aliphatic rings. The third-order valence-electron chi connectivity index (χ3n) is 8.26. The zero-order valence-corrected chi connectivity index (χ0v) is 31.1. The van der Waals surface area contributed by atoms with Gasteiger partial charge in [0.2, 0.25) is 0 Å². The lowest BCUT2D eigenvalue weighted by atomic mass is 10.0. The van der Waals surface area contributed by atoms with Crippen LogP contribution in [-0.2, 0) is 32.9 Å². The zero-order valence-electron chi connectivity index (χ0n) is 30.2. The van der Waals surface area contributed by atoms with Crippen LogP contribution < -0.4 is 0 Å². The van der Waals surface area contributed by atoms with Gasteiger partial charge < -0.3 is 24.0 Å². The molecular weight excluding hydrogens is 631 g/mol. The summed E-state index contributed by atoms with van der Waals surface area (Å²) in [7, 11) is -4.77. The van der Waals surface area contributed by atoms with E-state index in [9.17, 15) is 14.2 Å². The highest BCUT2D eigenvalue weighted by Gasteiger charge is 2.36. The number of ether oxygens (including phenoxy) is 3. The first-order valence-electron chi connectivity index (χ1n) is 18.8. The van der Waals surface area contributed by atoms with Gasteiger partial charge in [0.05, 0.1) is 18.8 Å². The molecule has 0 aliphatic carbocycles. The van der Waals surface area contributed by atoms with E-state index < -0.39 is 32.5 Å². The minimum Gasteiger partial charge on any atom is -0.462 e. The van der Waals surface area contributed by atoms with E-state index in [1.54, 1.807) is 0 Å². The van der Waals surface area contributed by atoms with Crippen molar-refractivity contribution in [2.45, 2.75) is 174 Å². The minimum absolute atomic E-state index is 0.116. The molecule has 0 spiro atoms. The van der Waals surface area contributed by atoms with Crippen LogP contribution in [0.1, 0.15) is 156 Å². The highest BCUT2D eigenvalue weighted by atomic mass is 31.2. The molecule has 1 heterocycles. The van der Waals surface area contributed by atoms with Crippen molar-refractivity contribution in [3.63, 3.8) is 0 Å². The van der Waals surface area contributed by atoms with Gasteiger partial charge in [0.25, 0.3) is 0 Å². The van der Waals surface area contributed by atoms with Gasteiger partial charge in [-0.2, -0.15) is 0 Å². The SMILES string of the molecule is CCCCC/C=C\C/C=C\C/C=C\CC1OC1CCCC(=O)O[C@H](COC(=O)CCCCCCCCCCCC(C)C)COP(=O)(O)O. The van der Waals surface area contributed by atoms with E-state index in [4.69, 9.17) is 24.0 Å². The summed E-state index contributed by atoms with van der Waals surface area (Å²) in [6.07, 6.45) is 33.2. The summed E-state index contributed by atoms with van der Waals surface area (Å²) in [4.78, 5) is 42.8. The Kier molecular flexibility index (Phi) is 26.7. The first-order valence-corrected chi connectivity index (χ1v) is 20.3. The van der Waals surface area contributed by atoms with Crippen LogP contribution >= 0.6 is 7.82 Å². The number of carbonyl (C=O) groups is 2. The Morgan fingerprint density at radius 1 is 0.729 bits per heavy atom. The summed E-state index contributed by atoms with van der Waals surface area (Å²) in [6, 6.07) is 0. The number of phosphoric ester groups is 1. The molecule has 0 amide bonds. The lowest BCUT2D eigenvalue weighted by Gasteiger charge is -2.18. The summed E-state index contributed by atoms with van der Waals surface area (Å²) in [5, 5.41) is 0. The van der Waals surface area contributed by atoms with E-state index in [1.165, 1.54) is 57.8 Å². The van der Waals surface area contributed by atoms with Crippen LogP contribution in [0.2, 0.25) is 0 Å². The molecular formula is C38H67O9P. The highest BCUT2D eigenvalue weighted by molar-refractivity contribution is 7.46. The Morgan fingerprint density at radius 2 is 1.33 bits per heavy atom. The third-order valence-corrected chi connectivity index (χ3v) is 8.75. The summed E-state index contributed by atoms with van der Waals surface area (Å²) < 4.78 is 32.0. The minimum atomic E-state index is -4.77. The predicted molar refractivity (Wildman–Crippen MR) is 192 cm³/mol. The Hall–Kier alpha value is -1.77. The molecule has 2 N–H and O–H groups in total. The number of epoxide rings is 1.